The van der Waals surface area contributed by atoms with Crippen molar-refractivity contribution in [2.45, 2.75) is 18.9 Å². The van der Waals surface area contributed by atoms with Crippen LogP contribution in [0.5, 0.6) is 5.75 Å². The summed E-state index contributed by atoms with van der Waals surface area (Å²) in [5, 5.41) is 12.0. The van der Waals surface area contributed by atoms with Gasteiger partial charge in [0, 0.05) is 18.7 Å². The van der Waals surface area contributed by atoms with Crippen LogP contribution < -0.4 is 10.5 Å². The lowest BCUT2D eigenvalue weighted by Gasteiger charge is -2.29. The molecule has 19 heavy (non-hydrogen) atoms. The Bertz CT molecular complexity index is 471. The van der Waals surface area contributed by atoms with E-state index in [2.05, 4.69) is 17.1 Å². The van der Waals surface area contributed by atoms with Crippen molar-refractivity contribution < 1.29 is 9.94 Å². The quantitative estimate of drug-likeness (QED) is 0.385. The molecule has 1 saturated heterocycles. The normalized spacial score (nSPS) is 18.5. The zero-order valence-electron chi connectivity index (χ0n) is 10.8. The predicted molar refractivity (Wildman–Crippen MR) is 75.1 cm³/mol. The Labute approximate surface area is 117 Å². The van der Waals surface area contributed by atoms with E-state index in [0.29, 0.717) is 16.3 Å². The molecule has 0 unspecified atom stereocenters. The molecule has 104 valence electrons. The Morgan fingerprint density at radius 1 is 1.47 bits per heavy atom. The first-order valence-corrected chi connectivity index (χ1v) is 6.60. The highest BCUT2D eigenvalue weighted by Gasteiger charge is 2.18. The van der Waals surface area contributed by atoms with Crippen molar-refractivity contribution in [1.29, 1.82) is 0 Å². The molecule has 0 aliphatic carbocycles. The Balaban J connectivity index is 2.04. The minimum atomic E-state index is -0.00385. The van der Waals surface area contributed by atoms with E-state index in [4.69, 9.17) is 27.3 Å². The molecule has 1 heterocycles. The zero-order valence-corrected chi connectivity index (χ0v) is 11.6. The number of likely N-dealkylation sites (tertiary alicyclic amines) is 1. The average Bonchev–Trinajstić information content (AvgIpc) is 2.41. The summed E-state index contributed by atoms with van der Waals surface area (Å²) in [6.07, 6.45) is 2.24. The van der Waals surface area contributed by atoms with Crippen LogP contribution in [0.15, 0.2) is 23.4 Å². The molecule has 0 amide bonds. The summed E-state index contributed by atoms with van der Waals surface area (Å²) in [6.45, 7) is 2.08. The maximum absolute atomic E-state index is 8.64. The molecule has 6 heteroatoms. The largest absolute Gasteiger partial charge is 0.490 e. The Hall–Kier alpha value is -1.46. The van der Waals surface area contributed by atoms with Crippen molar-refractivity contribution in [1.82, 2.24) is 4.90 Å². The highest BCUT2D eigenvalue weighted by atomic mass is 35.5. The Kier molecular flexibility index (Phi) is 4.50. The number of benzene rings is 1. The molecule has 1 aliphatic heterocycles. The predicted octanol–water partition coefficient (Wildman–Crippen LogP) is 1.91. The van der Waals surface area contributed by atoms with Crippen LogP contribution >= 0.6 is 11.6 Å². The van der Waals surface area contributed by atoms with Crippen molar-refractivity contribution in [3.63, 3.8) is 0 Å². The number of piperidine rings is 1. The topological polar surface area (TPSA) is 71.1 Å². The van der Waals surface area contributed by atoms with E-state index in [1.165, 1.54) is 0 Å². The highest BCUT2D eigenvalue weighted by molar-refractivity contribution is 6.34. The Morgan fingerprint density at radius 2 is 2.16 bits per heavy atom. The molecule has 2 rings (SSSR count). The van der Waals surface area contributed by atoms with Gasteiger partial charge >= 0.3 is 0 Å². The molecule has 1 fully saturated rings. The number of hydrogen-bond acceptors (Lipinski definition) is 4. The minimum Gasteiger partial charge on any atom is -0.490 e. The van der Waals surface area contributed by atoms with Crippen LogP contribution in [-0.4, -0.2) is 42.2 Å². The SMILES string of the molecule is CN1CCC(Oc2ccc(C(N)=NO)c(Cl)c2)CC1. The fraction of sp³-hybridized carbons (Fsp3) is 0.462. The van der Waals surface area contributed by atoms with Crippen LogP contribution in [0.25, 0.3) is 0 Å². The summed E-state index contributed by atoms with van der Waals surface area (Å²) in [7, 11) is 2.11. The van der Waals surface area contributed by atoms with Crippen LogP contribution in [0.3, 0.4) is 0 Å². The van der Waals surface area contributed by atoms with Gasteiger partial charge in [0.15, 0.2) is 5.84 Å². The summed E-state index contributed by atoms with van der Waals surface area (Å²) in [5.41, 5.74) is 6.01. The first-order valence-electron chi connectivity index (χ1n) is 6.23. The minimum absolute atomic E-state index is 0.00385. The lowest BCUT2D eigenvalue weighted by atomic mass is 10.1. The monoisotopic (exact) mass is 283 g/mol. The van der Waals surface area contributed by atoms with E-state index < -0.39 is 0 Å². The number of halogens is 1. The molecule has 0 saturated carbocycles. The van der Waals surface area contributed by atoms with Gasteiger partial charge in [-0.2, -0.15) is 0 Å². The second-order valence-corrected chi connectivity index (χ2v) is 5.15. The molecule has 5 nitrogen and oxygen atoms in total. The maximum Gasteiger partial charge on any atom is 0.171 e. The van der Waals surface area contributed by atoms with E-state index in [-0.39, 0.29) is 11.9 Å². The number of nitrogens with zero attached hydrogens (tertiary/aromatic N) is 2. The van der Waals surface area contributed by atoms with Crippen LogP contribution in [-0.2, 0) is 0 Å². The standard InChI is InChI=1S/C13H18ClN3O2/c1-17-6-4-9(5-7-17)19-10-2-3-11(12(14)8-10)13(15)16-18/h2-3,8-9,18H,4-7H2,1H3,(H2,15,16). The molecular formula is C13H18ClN3O2. The van der Waals surface area contributed by atoms with Gasteiger partial charge in [-0.1, -0.05) is 16.8 Å². The molecule has 0 spiro atoms. The lowest BCUT2D eigenvalue weighted by molar-refractivity contribution is 0.114. The summed E-state index contributed by atoms with van der Waals surface area (Å²) in [4.78, 5) is 2.29. The van der Waals surface area contributed by atoms with Crippen molar-refractivity contribution in [3.8, 4) is 5.75 Å². The third-order valence-electron chi connectivity index (χ3n) is 3.29. The van der Waals surface area contributed by atoms with Crippen molar-refractivity contribution >= 4 is 17.4 Å². The van der Waals surface area contributed by atoms with Gasteiger partial charge in [0.05, 0.1) is 5.02 Å². The van der Waals surface area contributed by atoms with E-state index in [1.54, 1.807) is 18.2 Å². The van der Waals surface area contributed by atoms with Gasteiger partial charge in [0.2, 0.25) is 0 Å². The maximum atomic E-state index is 8.64. The second kappa shape index (κ2) is 6.12. The van der Waals surface area contributed by atoms with Crippen LogP contribution in [0.1, 0.15) is 18.4 Å². The number of rotatable bonds is 3. The van der Waals surface area contributed by atoms with Gasteiger partial charge in [-0.25, -0.2) is 0 Å². The molecule has 0 aromatic heterocycles. The van der Waals surface area contributed by atoms with Gasteiger partial charge in [-0.15, -0.1) is 0 Å². The van der Waals surface area contributed by atoms with Crippen LogP contribution in [0.4, 0.5) is 0 Å². The molecule has 1 aliphatic rings. The number of ether oxygens (including phenoxy) is 1. The first-order chi connectivity index (χ1) is 9.10. The lowest BCUT2D eigenvalue weighted by Crippen LogP contribution is -2.35. The fourth-order valence-electron chi connectivity index (χ4n) is 2.13. The van der Waals surface area contributed by atoms with Gasteiger partial charge in [0.25, 0.3) is 0 Å². The Morgan fingerprint density at radius 3 is 2.74 bits per heavy atom. The van der Waals surface area contributed by atoms with Crippen LogP contribution in [0, 0.1) is 0 Å². The van der Waals surface area contributed by atoms with Crippen LogP contribution in [0.2, 0.25) is 5.02 Å². The number of hydrogen-bond donors (Lipinski definition) is 2. The van der Waals surface area contributed by atoms with E-state index >= 15 is 0 Å². The molecule has 0 bridgehead atoms. The third-order valence-corrected chi connectivity index (χ3v) is 3.61. The smallest absolute Gasteiger partial charge is 0.171 e. The van der Waals surface area contributed by atoms with Crippen molar-refractivity contribution in [2.75, 3.05) is 20.1 Å². The second-order valence-electron chi connectivity index (χ2n) is 4.75. The van der Waals surface area contributed by atoms with Crippen molar-refractivity contribution in [3.05, 3.63) is 28.8 Å². The summed E-state index contributed by atoms with van der Waals surface area (Å²) in [5.74, 6) is 0.713. The summed E-state index contributed by atoms with van der Waals surface area (Å²) >= 11 is 6.08. The van der Waals surface area contributed by atoms with E-state index in [9.17, 15) is 0 Å². The summed E-state index contributed by atoms with van der Waals surface area (Å²) in [6, 6.07) is 5.19. The van der Waals surface area contributed by atoms with Gasteiger partial charge in [-0.05, 0) is 38.1 Å². The van der Waals surface area contributed by atoms with E-state index in [0.717, 1.165) is 25.9 Å². The number of amidine groups is 1. The highest BCUT2D eigenvalue weighted by Crippen LogP contribution is 2.25. The number of nitrogens with two attached hydrogens (primary N) is 1. The molecule has 1 aromatic rings. The molecule has 3 N–H and O–H groups in total. The van der Waals surface area contributed by atoms with E-state index in [1.807, 2.05) is 0 Å². The van der Waals surface area contributed by atoms with Gasteiger partial charge < -0.3 is 20.6 Å². The van der Waals surface area contributed by atoms with Crippen molar-refractivity contribution in [2.24, 2.45) is 10.9 Å². The fourth-order valence-corrected chi connectivity index (χ4v) is 2.39. The third kappa shape index (κ3) is 3.52. The molecule has 0 radical (unpaired) electrons. The number of oxime groups is 1. The average molecular weight is 284 g/mol. The first kappa shape index (κ1) is 14.0. The molecule has 0 atom stereocenters. The molecule has 1 aromatic carbocycles. The zero-order chi connectivity index (χ0) is 13.8. The summed E-state index contributed by atoms with van der Waals surface area (Å²) < 4.78 is 5.90. The molecular weight excluding hydrogens is 266 g/mol. The van der Waals surface area contributed by atoms with Gasteiger partial charge in [-0.3, -0.25) is 0 Å². The van der Waals surface area contributed by atoms with Gasteiger partial charge in [0.1, 0.15) is 11.9 Å².